The Balaban J connectivity index is 2.13. The third kappa shape index (κ3) is 4.03. The van der Waals surface area contributed by atoms with E-state index in [9.17, 15) is 0 Å². The van der Waals surface area contributed by atoms with E-state index >= 15 is 0 Å². The lowest BCUT2D eigenvalue weighted by Crippen LogP contribution is -2.22. The molecular formula is C14H17BrN2OS. The van der Waals surface area contributed by atoms with Crippen LogP contribution >= 0.6 is 27.3 Å². The zero-order valence-corrected chi connectivity index (χ0v) is 13.4. The minimum atomic E-state index is 0.285. The molecule has 0 radical (unpaired) electrons. The topological polar surface area (TPSA) is 34.2 Å². The van der Waals surface area contributed by atoms with Crippen LogP contribution in [0.3, 0.4) is 0 Å². The van der Waals surface area contributed by atoms with E-state index in [1.165, 1.54) is 4.88 Å². The smallest absolute Gasteiger partial charge is 0.129 e. The van der Waals surface area contributed by atoms with Gasteiger partial charge in [-0.1, -0.05) is 6.92 Å². The maximum atomic E-state index is 5.25. The predicted molar refractivity (Wildman–Crippen MR) is 82.9 cm³/mol. The van der Waals surface area contributed by atoms with Gasteiger partial charge in [0.25, 0.3) is 0 Å². The summed E-state index contributed by atoms with van der Waals surface area (Å²) in [5.74, 6) is 0.923. The number of rotatable bonds is 6. The van der Waals surface area contributed by atoms with Crippen LogP contribution in [0.25, 0.3) is 0 Å². The molecule has 0 bridgehead atoms. The molecule has 0 amide bonds. The highest BCUT2D eigenvalue weighted by molar-refractivity contribution is 9.10. The Kier molecular flexibility index (Phi) is 5.36. The molecule has 1 atom stereocenters. The highest BCUT2D eigenvalue weighted by Crippen LogP contribution is 2.28. The molecule has 1 N–H and O–H groups in total. The molecule has 5 heteroatoms. The Morgan fingerprint density at radius 3 is 2.89 bits per heavy atom. The van der Waals surface area contributed by atoms with Crippen LogP contribution in [0.4, 0.5) is 0 Å². The van der Waals surface area contributed by atoms with E-state index in [1.54, 1.807) is 18.4 Å². The van der Waals surface area contributed by atoms with Crippen LogP contribution in [0.1, 0.15) is 23.5 Å². The van der Waals surface area contributed by atoms with Crippen molar-refractivity contribution in [3.8, 4) is 5.75 Å². The third-order valence-corrected chi connectivity index (χ3v) is 4.32. The Labute approximate surface area is 126 Å². The minimum absolute atomic E-state index is 0.285. The number of nitrogens with zero attached hydrogens (tertiary/aromatic N) is 1. The molecule has 102 valence electrons. The van der Waals surface area contributed by atoms with Gasteiger partial charge in [-0.2, -0.15) is 0 Å². The van der Waals surface area contributed by atoms with E-state index in [0.717, 1.165) is 28.9 Å². The molecule has 2 aromatic rings. The quantitative estimate of drug-likeness (QED) is 0.868. The predicted octanol–water partition coefficient (Wildman–Crippen LogP) is 3.81. The van der Waals surface area contributed by atoms with Crippen molar-refractivity contribution < 1.29 is 4.74 Å². The number of hydrogen-bond acceptors (Lipinski definition) is 4. The number of likely N-dealkylation sites (N-methyl/N-ethyl adjacent to an activating group) is 1. The number of hydrogen-bond donors (Lipinski definition) is 1. The summed E-state index contributed by atoms with van der Waals surface area (Å²) in [6, 6.07) is 6.46. The second-order valence-electron chi connectivity index (χ2n) is 4.17. The van der Waals surface area contributed by atoms with E-state index in [1.807, 2.05) is 17.6 Å². The van der Waals surface area contributed by atoms with E-state index in [2.05, 4.69) is 45.3 Å². The first kappa shape index (κ1) is 14.5. The van der Waals surface area contributed by atoms with Gasteiger partial charge in [-0.15, -0.1) is 11.3 Å². The first-order valence-electron chi connectivity index (χ1n) is 6.19. The van der Waals surface area contributed by atoms with Crippen molar-refractivity contribution in [3.63, 3.8) is 0 Å². The molecule has 0 fully saturated rings. The maximum Gasteiger partial charge on any atom is 0.129 e. The first-order valence-corrected chi connectivity index (χ1v) is 7.86. The molecule has 2 aromatic heterocycles. The molecule has 0 aromatic carbocycles. The molecule has 0 saturated heterocycles. The summed E-state index contributed by atoms with van der Waals surface area (Å²) in [7, 11) is 1.70. The fourth-order valence-corrected chi connectivity index (χ4v) is 3.05. The molecule has 0 aliphatic rings. The standard InChI is InChI=1S/C14H17BrN2OS/c1-3-16-13(14-7-12(18-2)9-19-14)6-11-5-4-10(15)8-17-11/h4-5,7-9,13,16H,3,6H2,1-2H3. The van der Waals surface area contributed by atoms with Gasteiger partial charge in [-0.05, 0) is 40.7 Å². The number of ether oxygens (including phenoxy) is 1. The number of nitrogens with one attached hydrogen (secondary N) is 1. The van der Waals surface area contributed by atoms with Crippen molar-refractivity contribution in [3.05, 3.63) is 44.8 Å². The largest absolute Gasteiger partial charge is 0.496 e. The summed E-state index contributed by atoms with van der Waals surface area (Å²) in [5.41, 5.74) is 1.08. The van der Waals surface area contributed by atoms with Crippen LogP contribution in [0, 0.1) is 0 Å². The van der Waals surface area contributed by atoms with E-state index < -0.39 is 0 Å². The summed E-state index contributed by atoms with van der Waals surface area (Å²) >= 11 is 5.13. The third-order valence-electron chi connectivity index (χ3n) is 2.83. The zero-order chi connectivity index (χ0) is 13.7. The zero-order valence-electron chi connectivity index (χ0n) is 11.0. The molecule has 0 spiro atoms. The molecular weight excluding hydrogens is 324 g/mol. The molecule has 2 rings (SSSR count). The van der Waals surface area contributed by atoms with Crippen molar-refractivity contribution in [2.24, 2.45) is 0 Å². The number of methoxy groups -OCH3 is 1. The summed E-state index contributed by atoms with van der Waals surface area (Å²) in [6.07, 6.45) is 2.72. The van der Waals surface area contributed by atoms with Gasteiger partial charge >= 0.3 is 0 Å². The fourth-order valence-electron chi connectivity index (χ4n) is 1.88. The lowest BCUT2D eigenvalue weighted by atomic mass is 10.1. The SMILES string of the molecule is CCNC(Cc1ccc(Br)cn1)c1cc(OC)cs1. The molecule has 1 unspecified atom stereocenters. The summed E-state index contributed by atoms with van der Waals surface area (Å²) < 4.78 is 6.26. The lowest BCUT2D eigenvalue weighted by molar-refractivity contribution is 0.415. The number of pyridine rings is 1. The van der Waals surface area contributed by atoms with Gasteiger partial charge < -0.3 is 10.1 Å². The second kappa shape index (κ2) is 7.03. The highest BCUT2D eigenvalue weighted by atomic mass is 79.9. The van der Waals surface area contributed by atoms with Crippen LogP contribution in [-0.4, -0.2) is 18.6 Å². The summed E-state index contributed by atoms with van der Waals surface area (Å²) in [4.78, 5) is 5.72. The van der Waals surface area contributed by atoms with Gasteiger partial charge in [0.1, 0.15) is 5.75 Å². The van der Waals surface area contributed by atoms with Gasteiger partial charge in [0.05, 0.1) is 7.11 Å². The van der Waals surface area contributed by atoms with Gasteiger partial charge in [0.15, 0.2) is 0 Å². The Hall–Kier alpha value is -0.910. The van der Waals surface area contributed by atoms with Crippen molar-refractivity contribution >= 4 is 27.3 Å². The van der Waals surface area contributed by atoms with Crippen molar-refractivity contribution in [1.29, 1.82) is 0 Å². The molecule has 0 aliphatic heterocycles. The van der Waals surface area contributed by atoms with E-state index in [-0.39, 0.29) is 6.04 Å². The van der Waals surface area contributed by atoms with Gasteiger partial charge in [-0.25, -0.2) is 0 Å². The van der Waals surface area contributed by atoms with Gasteiger partial charge in [-0.3, -0.25) is 4.98 Å². The van der Waals surface area contributed by atoms with Crippen LogP contribution in [0.2, 0.25) is 0 Å². The minimum Gasteiger partial charge on any atom is -0.496 e. The average molecular weight is 341 g/mol. The summed E-state index contributed by atoms with van der Waals surface area (Å²) in [6.45, 7) is 3.05. The van der Waals surface area contributed by atoms with E-state index in [4.69, 9.17) is 4.74 Å². The average Bonchev–Trinajstić information content (AvgIpc) is 2.89. The highest BCUT2D eigenvalue weighted by Gasteiger charge is 2.14. The van der Waals surface area contributed by atoms with Gasteiger partial charge in [0.2, 0.25) is 0 Å². The Morgan fingerprint density at radius 2 is 2.32 bits per heavy atom. The first-order chi connectivity index (χ1) is 9.22. The fraction of sp³-hybridized carbons (Fsp3) is 0.357. The summed E-state index contributed by atoms with van der Waals surface area (Å²) in [5, 5.41) is 5.54. The molecule has 19 heavy (non-hydrogen) atoms. The van der Waals surface area contributed by atoms with Crippen molar-refractivity contribution in [2.75, 3.05) is 13.7 Å². The van der Waals surface area contributed by atoms with Crippen LogP contribution in [-0.2, 0) is 6.42 Å². The van der Waals surface area contributed by atoms with Gasteiger partial charge in [0, 0.05) is 39.1 Å². The second-order valence-corrected chi connectivity index (χ2v) is 6.03. The number of thiophene rings is 1. The normalized spacial score (nSPS) is 12.4. The Bertz CT molecular complexity index is 512. The van der Waals surface area contributed by atoms with Crippen LogP contribution in [0.15, 0.2) is 34.2 Å². The molecule has 0 saturated carbocycles. The van der Waals surface area contributed by atoms with Crippen molar-refractivity contribution in [2.45, 2.75) is 19.4 Å². The molecule has 0 aliphatic carbocycles. The number of aromatic nitrogens is 1. The van der Waals surface area contributed by atoms with Crippen LogP contribution < -0.4 is 10.1 Å². The molecule has 3 nitrogen and oxygen atoms in total. The van der Waals surface area contributed by atoms with E-state index in [0.29, 0.717) is 0 Å². The van der Waals surface area contributed by atoms with Crippen molar-refractivity contribution in [1.82, 2.24) is 10.3 Å². The Morgan fingerprint density at radius 1 is 1.47 bits per heavy atom. The maximum absolute atomic E-state index is 5.25. The molecule has 2 heterocycles. The number of halogens is 1. The lowest BCUT2D eigenvalue weighted by Gasteiger charge is -2.15. The van der Waals surface area contributed by atoms with Crippen LogP contribution in [0.5, 0.6) is 5.75 Å². The monoisotopic (exact) mass is 340 g/mol.